The summed E-state index contributed by atoms with van der Waals surface area (Å²) in [5, 5.41) is 0.166. The Morgan fingerprint density at radius 1 is 1.41 bits per heavy atom. The van der Waals surface area contributed by atoms with E-state index in [-0.39, 0.29) is 9.92 Å². The first-order valence-corrected chi connectivity index (χ1v) is 8.61. The van der Waals surface area contributed by atoms with Crippen molar-refractivity contribution in [1.82, 2.24) is 14.3 Å². The molecular weight excluding hydrogens is 326 g/mol. The summed E-state index contributed by atoms with van der Waals surface area (Å²) in [6, 6.07) is 4.53. The standard InChI is InChI=1S/C14H18ClN3O3S/c1-11-16-7-9-18(11)8-3-6-17-22(19,20)14-10-12(21-2)4-5-13(14)15/h4-5,7,9-10,17H,3,6,8H2,1-2H3. The van der Waals surface area contributed by atoms with Crippen LogP contribution in [0.25, 0.3) is 0 Å². The minimum absolute atomic E-state index is 0.0207. The van der Waals surface area contributed by atoms with Crippen molar-refractivity contribution in [3.8, 4) is 5.75 Å². The van der Waals surface area contributed by atoms with Gasteiger partial charge in [-0.2, -0.15) is 0 Å². The highest BCUT2D eigenvalue weighted by molar-refractivity contribution is 7.89. The van der Waals surface area contributed by atoms with E-state index in [0.29, 0.717) is 25.3 Å². The van der Waals surface area contributed by atoms with Crippen LogP contribution in [0.3, 0.4) is 0 Å². The Hall–Kier alpha value is -1.57. The van der Waals surface area contributed by atoms with E-state index >= 15 is 0 Å². The maximum Gasteiger partial charge on any atom is 0.242 e. The molecule has 1 heterocycles. The number of halogens is 1. The van der Waals surface area contributed by atoms with Crippen molar-refractivity contribution < 1.29 is 13.2 Å². The molecule has 0 saturated heterocycles. The average Bonchev–Trinajstić information content (AvgIpc) is 2.89. The van der Waals surface area contributed by atoms with Gasteiger partial charge in [-0.1, -0.05) is 11.6 Å². The monoisotopic (exact) mass is 343 g/mol. The number of hydrogen-bond acceptors (Lipinski definition) is 4. The Kier molecular flexibility index (Phi) is 5.44. The van der Waals surface area contributed by atoms with Gasteiger partial charge in [-0.3, -0.25) is 0 Å². The molecule has 0 aliphatic heterocycles. The van der Waals surface area contributed by atoms with E-state index in [1.807, 2.05) is 17.7 Å². The van der Waals surface area contributed by atoms with Gasteiger partial charge in [0.1, 0.15) is 16.5 Å². The second kappa shape index (κ2) is 7.13. The molecule has 22 heavy (non-hydrogen) atoms. The lowest BCUT2D eigenvalue weighted by atomic mass is 10.3. The number of rotatable bonds is 7. The minimum Gasteiger partial charge on any atom is -0.497 e. The third kappa shape index (κ3) is 4.00. The first-order valence-electron chi connectivity index (χ1n) is 6.75. The number of aryl methyl sites for hydroxylation is 2. The Labute approximate surface area is 135 Å². The van der Waals surface area contributed by atoms with Crippen LogP contribution < -0.4 is 9.46 Å². The molecule has 0 aliphatic rings. The molecular formula is C14H18ClN3O3S. The molecule has 2 rings (SSSR count). The van der Waals surface area contributed by atoms with Crippen LogP contribution in [0, 0.1) is 6.92 Å². The van der Waals surface area contributed by atoms with E-state index < -0.39 is 10.0 Å². The summed E-state index contributed by atoms with van der Waals surface area (Å²) in [6.07, 6.45) is 4.23. The highest BCUT2D eigenvalue weighted by atomic mass is 35.5. The summed E-state index contributed by atoms with van der Waals surface area (Å²) in [7, 11) is -2.19. The van der Waals surface area contributed by atoms with Crippen LogP contribution in [-0.4, -0.2) is 31.6 Å². The number of methoxy groups -OCH3 is 1. The Balaban J connectivity index is 1.98. The SMILES string of the molecule is COc1ccc(Cl)c(S(=O)(=O)NCCCn2ccnc2C)c1. The van der Waals surface area contributed by atoms with Crippen molar-refractivity contribution in [3.63, 3.8) is 0 Å². The van der Waals surface area contributed by atoms with E-state index in [4.69, 9.17) is 16.3 Å². The second-order valence-electron chi connectivity index (χ2n) is 4.72. The van der Waals surface area contributed by atoms with Gasteiger partial charge in [0.15, 0.2) is 0 Å². The van der Waals surface area contributed by atoms with Crippen molar-refractivity contribution >= 4 is 21.6 Å². The third-order valence-electron chi connectivity index (χ3n) is 3.22. The number of nitrogens with one attached hydrogen (secondary N) is 1. The maximum absolute atomic E-state index is 12.3. The number of sulfonamides is 1. The zero-order valence-electron chi connectivity index (χ0n) is 12.4. The lowest BCUT2D eigenvalue weighted by molar-refractivity contribution is 0.413. The molecule has 0 saturated carbocycles. The van der Waals surface area contributed by atoms with Crippen LogP contribution in [0.5, 0.6) is 5.75 Å². The minimum atomic E-state index is -3.66. The van der Waals surface area contributed by atoms with Crippen LogP contribution in [-0.2, 0) is 16.6 Å². The molecule has 1 aromatic heterocycles. The average molecular weight is 344 g/mol. The molecule has 8 heteroatoms. The van der Waals surface area contributed by atoms with E-state index in [1.54, 1.807) is 12.3 Å². The first-order chi connectivity index (χ1) is 10.4. The molecule has 2 aromatic rings. The normalized spacial score (nSPS) is 11.6. The van der Waals surface area contributed by atoms with Gasteiger partial charge in [-0.15, -0.1) is 0 Å². The van der Waals surface area contributed by atoms with Crippen molar-refractivity contribution in [3.05, 3.63) is 41.4 Å². The van der Waals surface area contributed by atoms with E-state index in [2.05, 4.69) is 9.71 Å². The molecule has 0 unspecified atom stereocenters. The van der Waals surface area contributed by atoms with Gasteiger partial charge in [0.05, 0.1) is 12.1 Å². The van der Waals surface area contributed by atoms with Gasteiger partial charge in [-0.25, -0.2) is 18.1 Å². The summed E-state index contributed by atoms with van der Waals surface area (Å²) < 4.78 is 34.1. The van der Waals surface area contributed by atoms with Gasteiger partial charge in [0.25, 0.3) is 0 Å². The highest BCUT2D eigenvalue weighted by Gasteiger charge is 2.18. The number of nitrogens with zero attached hydrogens (tertiary/aromatic N) is 2. The fraction of sp³-hybridized carbons (Fsp3) is 0.357. The van der Waals surface area contributed by atoms with Crippen LogP contribution in [0.2, 0.25) is 5.02 Å². The van der Waals surface area contributed by atoms with E-state index in [9.17, 15) is 8.42 Å². The number of ether oxygens (including phenoxy) is 1. The summed E-state index contributed by atoms with van der Waals surface area (Å²) in [6.45, 7) is 2.91. The molecule has 0 bridgehead atoms. The molecule has 6 nitrogen and oxygen atoms in total. The molecule has 1 aromatic carbocycles. The summed E-state index contributed by atoms with van der Waals surface area (Å²) >= 11 is 5.97. The summed E-state index contributed by atoms with van der Waals surface area (Å²) in [5.41, 5.74) is 0. The molecule has 1 N–H and O–H groups in total. The van der Waals surface area contributed by atoms with Crippen molar-refractivity contribution in [2.24, 2.45) is 0 Å². The maximum atomic E-state index is 12.3. The predicted octanol–water partition coefficient (Wildman–Crippen LogP) is 2.22. The second-order valence-corrected chi connectivity index (χ2v) is 6.86. The van der Waals surface area contributed by atoms with Crippen molar-refractivity contribution in [2.75, 3.05) is 13.7 Å². The zero-order chi connectivity index (χ0) is 16.2. The largest absolute Gasteiger partial charge is 0.497 e. The zero-order valence-corrected chi connectivity index (χ0v) is 14.0. The quantitative estimate of drug-likeness (QED) is 0.782. The van der Waals surface area contributed by atoms with Gasteiger partial charge < -0.3 is 9.30 Å². The highest BCUT2D eigenvalue weighted by Crippen LogP contribution is 2.25. The summed E-state index contributed by atoms with van der Waals surface area (Å²) in [5.74, 6) is 1.34. The van der Waals surface area contributed by atoms with Crippen molar-refractivity contribution in [1.29, 1.82) is 0 Å². The number of benzene rings is 1. The van der Waals surface area contributed by atoms with Crippen LogP contribution in [0.1, 0.15) is 12.2 Å². The third-order valence-corrected chi connectivity index (χ3v) is 5.16. The first kappa shape index (κ1) is 16.8. The van der Waals surface area contributed by atoms with Crippen molar-refractivity contribution in [2.45, 2.75) is 24.8 Å². The molecule has 0 spiro atoms. The van der Waals surface area contributed by atoms with Gasteiger partial charge in [-0.05, 0) is 25.5 Å². The van der Waals surface area contributed by atoms with Crippen LogP contribution in [0.15, 0.2) is 35.5 Å². The molecule has 0 radical (unpaired) electrons. The summed E-state index contributed by atoms with van der Waals surface area (Å²) in [4.78, 5) is 4.14. The molecule has 0 fully saturated rings. The molecule has 120 valence electrons. The number of aromatic nitrogens is 2. The van der Waals surface area contributed by atoms with Gasteiger partial charge in [0, 0.05) is 31.5 Å². The van der Waals surface area contributed by atoms with Crippen LogP contribution in [0.4, 0.5) is 0 Å². The van der Waals surface area contributed by atoms with E-state index in [0.717, 1.165) is 5.82 Å². The molecule has 0 amide bonds. The predicted molar refractivity (Wildman–Crippen MR) is 84.8 cm³/mol. The fourth-order valence-electron chi connectivity index (χ4n) is 1.99. The molecule has 0 atom stereocenters. The van der Waals surface area contributed by atoms with E-state index in [1.165, 1.54) is 19.2 Å². The Morgan fingerprint density at radius 2 is 2.18 bits per heavy atom. The lowest BCUT2D eigenvalue weighted by Crippen LogP contribution is -2.26. The topological polar surface area (TPSA) is 73.2 Å². The van der Waals surface area contributed by atoms with Crippen LogP contribution >= 0.6 is 11.6 Å². The smallest absolute Gasteiger partial charge is 0.242 e. The Morgan fingerprint density at radius 3 is 2.82 bits per heavy atom. The van der Waals surface area contributed by atoms with Gasteiger partial charge in [0.2, 0.25) is 10.0 Å². The van der Waals surface area contributed by atoms with Gasteiger partial charge >= 0.3 is 0 Å². The number of imidazole rings is 1. The fourth-order valence-corrected chi connectivity index (χ4v) is 3.58. The Bertz CT molecular complexity index is 744. The molecule has 0 aliphatic carbocycles. The lowest BCUT2D eigenvalue weighted by Gasteiger charge is -2.10. The number of hydrogen-bond donors (Lipinski definition) is 1.